The highest BCUT2D eigenvalue weighted by atomic mass is 79.9. The molecule has 44 heteroatoms. The van der Waals surface area contributed by atoms with E-state index in [-0.39, 0.29) is 117 Å². The number of thiol groups is 1. The third-order valence-electron chi connectivity index (χ3n) is 27.5. The molecule has 0 bridgehead atoms. The fraction of sp³-hybridized carbons (Fsp3) is 0.369. The first kappa shape index (κ1) is 103. The molecular weight excluding hydrogens is 2110 g/mol. The Morgan fingerprint density at radius 3 is 1.04 bits per heavy atom. The van der Waals surface area contributed by atoms with Crippen LogP contribution in [-0.2, 0) is 66.4 Å². The van der Waals surface area contributed by atoms with Crippen molar-refractivity contribution in [1.29, 1.82) is 0 Å². The van der Waals surface area contributed by atoms with Gasteiger partial charge >= 0.3 is 19.1 Å². The van der Waals surface area contributed by atoms with Crippen LogP contribution in [0.25, 0.3) is 90.3 Å². The summed E-state index contributed by atoms with van der Waals surface area (Å²) in [6.45, 7) is 9.04. The Labute approximate surface area is 886 Å². The van der Waals surface area contributed by atoms with Crippen LogP contribution in [-0.4, -0.2) is 204 Å². The molecular formula is C103H111BBr2N18O18S5. The lowest BCUT2D eigenvalue weighted by atomic mass is 9.85. The number of rotatable bonds is 19. The van der Waals surface area contributed by atoms with Crippen LogP contribution in [0.3, 0.4) is 0 Å². The first-order valence-electron chi connectivity index (χ1n) is 48.0. The number of carbonyl (C=O) groups excluding carboxylic acids is 4. The van der Waals surface area contributed by atoms with E-state index in [9.17, 15) is 29.4 Å². The van der Waals surface area contributed by atoms with Crippen LogP contribution in [0.15, 0.2) is 162 Å². The third kappa shape index (κ3) is 21.3. The van der Waals surface area contributed by atoms with Crippen molar-refractivity contribution in [2.45, 2.75) is 191 Å². The summed E-state index contributed by atoms with van der Waals surface area (Å²) < 4.78 is 83.6. The van der Waals surface area contributed by atoms with Gasteiger partial charge in [-0.2, -0.15) is 93.7 Å². The summed E-state index contributed by atoms with van der Waals surface area (Å²) in [5, 5.41) is 73.9. The Hall–Kier alpha value is -12.4. The number of ether oxygens (including phenoxy) is 10. The van der Waals surface area contributed by atoms with Gasteiger partial charge < -0.3 is 89.0 Å². The highest BCUT2D eigenvalue weighted by Gasteiger charge is 2.53. The molecule has 5 fully saturated rings. The largest absolute Gasteiger partial charge is 0.516 e. The molecule has 0 unspecified atom stereocenters. The Balaban J connectivity index is 0.000000117. The number of aliphatic hydroxyl groups excluding tert-OH is 2. The molecule has 0 radical (unpaired) electrons. The summed E-state index contributed by atoms with van der Waals surface area (Å²) >= 11 is 16.9. The molecule has 11 aromatic heterocycles. The topological polar surface area (TPSA) is 420 Å². The number of aromatic nitrogens is 14. The van der Waals surface area contributed by atoms with Crippen molar-refractivity contribution in [2.75, 3.05) is 34.7 Å². The normalized spacial score (nSPS) is 19.3. The van der Waals surface area contributed by atoms with Crippen LogP contribution in [0.4, 0.5) is 0 Å². The lowest BCUT2D eigenvalue weighted by Crippen LogP contribution is -2.41. The van der Waals surface area contributed by atoms with Gasteiger partial charge in [-0.1, -0.05) is 0 Å². The molecule has 5 aliphatic heterocycles. The van der Waals surface area contributed by atoms with Crippen molar-refractivity contribution >= 4 is 126 Å². The molecule has 1 saturated heterocycles. The number of aliphatic hydroxyl groups is 2. The molecule has 2 amide bonds. The lowest BCUT2D eigenvalue weighted by molar-refractivity contribution is 0.00578. The Morgan fingerprint density at radius 1 is 0.422 bits per heavy atom. The molecule has 0 spiro atoms. The minimum atomic E-state index is -0.445. The SMILES string of the molecule is COc1cc2c(cc1-c1ccn(C)n1)-c1c(c(C(=O)N[C@H]3CC[C@H](O)C3)nn1-c1ccsc1)CO2.COc1cc2c(cc1-c1ccn(C)n1)-c1c(c(C(=O)O[C@H]3CC[C@H](N)C3)nn1-c1ccsc1)CO2.COc1cc2c(cc1Br)-c1c(c(C(=O)N[C@H]3CC[C@H](O)C3)nn1-c1ccsc1)CO2.COc1cc2c(cc1Br)-c1c(c(C(=O)O[C@H]3CC[C@H](N)C3)nn1-c1ccsc1)CO2.CS.Cn1ccc(B2OC(C)(C)C(C)(C)O2)n1. The number of halogens is 2. The summed E-state index contributed by atoms with van der Waals surface area (Å²) in [4.78, 5) is 52.7. The zero-order valence-electron chi connectivity index (χ0n) is 82.7. The number of carbonyl (C=O) groups is 4. The molecule has 16 heterocycles. The molecule has 36 nitrogen and oxygen atoms in total. The maximum absolute atomic E-state index is 13.3. The summed E-state index contributed by atoms with van der Waals surface area (Å²) in [7, 11) is 11.7. The average Bonchev–Trinajstić information content (AvgIpc) is 1.60. The van der Waals surface area contributed by atoms with Crippen molar-refractivity contribution in [3.63, 3.8) is 0 Å². The van der Waals surface area contributed by atoms with Gasteiger partial charge in [0.15, 0.2) is 22.8 Å². The standard InChI is InChI=1S/2C25H25N5O4S.2C21H20BrN3O4S.C10H17BN2O2.CH4S/c1-29-7-5-20(27-29)17-10-18-22(11-21(17)32-2)33-12-19-23(25(31)34-16-4-3-14(26)9-16)28-30(24(18)19)15-6-8-35-13-15;1-29-7-5-20(27-29)17-10-18-22(11-21(17)33-2)34-12-19-23(25(32)26-14-3-4-16(31)9-14)28-30(24(18)19)15-6-8-35-13-15;1-27-18-8-17-14(7-16(18)22)20-15(9-28-17)19(24-25(20)12-4-5-30-10-12)21(26)29-13-3-2-11(23)6-13;1-28-18-8-17-14(7-16(18)22)20-15(9-29-17)19(24-25(20)12-4-5-30-10-12)21(27)23-11-2-3-13(26)6-11;1-9(2)10(3,4)15-11(14-9)8-6-7-13(5)12-8;1-2/h5-8,10-11,13-14,16H,3-4,9,12,26H2,1-2H3;5-8,10-11,13-14,16,31H,3-4,9,12H2,1-2H3,(H,26,32);4-5,7-8,10-11,13H,2-3,6,9,23H2,1H3;4-5,7-8,10-11,13,26H,2-3,6,9H2,1H3,(H,23,27);6-7H,1-5H3;2H,1H3/t2*14-,16-;2*11-,13-;;/m0000../s1. The number of amides is 2. The monoisotopic (exact) mass is 2220 g/mol. The Kier molecular flexibility index (Phi) is 30.7. The van der Waals surface area contributed by atoms with E-state index in [4.69, 9.17) is 78.3 Å². The number of fused-ring (bicyclic) bond motifs is 12. The second kappa shape index (κ2) is 43.8. The van der Waals surface area contributed by atoms with Gasteiger partial charge in [-0.25, -0.2) is 28.3 Å². The van der Waals surface area contributed by atoms with Crippen molar-refractivity contribution in [2.24, 2.45) is 32.6 Å². The first-order chi connectivity index (χ1) is 70.9. The number of nitrogens with one attached hydrogen (secondary N) is 2. The predicted octanol–water partition coefficient (Wildman–Crippen LogP) is 17.0. The van der Waals surface area contributed by atoms with Crippen LogP contribution in [0.5, 0.6) is 46.0 Å². The second-order valence-electron chi connectivity index (χ2n) is 37.7. The number of thiophene rings is 4. The highest BCUT2D eigenvalue weighted by Crippen LogP contribution is 2.52. The highest BCUT2D eigenvalue weighted by molar-refractivity contribution is 9.11. The fourth-order valence-corrected chi connectivity index (χ4v) is 22.8. The van der Waals surface area contributed by atoms with E-state index in [1.165, 1.54) is 0 Å². The summed E-state index contributed by atoms with van der Waals surface area (Å²) in [5.41, 5.74) is 29.7. The van der Waals surface area contributed by atoms with Crippen molar-refractivity contribution < 1.29 is 86.1 Å². The van der Waals surface area contributed by atoms with Crippen LogP contribution in [0.2, 0.25) is 0 Å². The Morgan fingerprint density at radius 2 is 0.748 bits per heavy atom. The van der Waals surface area contributed by atoms with Crippen molar-refractivity contribution in [1.82, 2.24) is 79.1 Å². The van der Waals surface area contributed by atoms with Gasteiger partial charge in [0.25, 0.3) is 11.8 Å². The number of nitrogens with zero attached hydrogens (tertiary/aromatic N) is 14. The van der Waals surface area contributed by atoms with Crippen LogP contribution < -0.4 is 65.6 Å². The van der Waals surface area contributed by atoms with Gasteiger partial charge in [-0.3, -0.25) is 23.6 Å². The molecule has 4 aliphatic carbocycles. The number of aryl methyl sites for hydroxylation is 3. The minimum Gasteiger partial charge on any atom is -0.496 e. The average molecular weight is 2220 g/mol. The molecule has 8 N–H and O–H groups in total. The van der Waals surface area contributed by atoms with E-state index in [1.807, 2.05) is 211 Å². The number of esters is 2. The minimum absolute atomic E-state index is 0.0374. The number of benzene rings is 4. The van der Waals surface area contributed by atoms with E-state index >= 15 is 0 Å². The molecule has 24 rings (SSSR count). The maximum atomic E-state index is 13.3. The predicted molar refractivity (Wildman–Crippen MR) is 569 cm³/mol. The molecule has 768 valence electrons. The van der Waals surface area contributed by atoms with Gasteiger partial charge in [0.05, 0.1) is 134 Å². The fourth-order valence-electron chi connectivity index (χ4n) is 19.4. The molecule has 15 aromatic rings. The van der Waals surface area contributed by atoms with Gasteiger partial charge in [0, 0.05) is 154 Å². The molecule has 8 atom stereocenters. The zero-order chi connectivity index (χ0) is 103. The van der Waals surface area contributed by atoms with Crippen LogP contribution in [0, 0.1) is 0 Å². The number of methoxy groups -OCH3 is 4. The smallest absolute Gasteiger partial charge is 0.496 e. The van der Waals surface area contributed by atoms with Gasteiger partial charge in [0.1, 0.15) is 84.6 Å². The zero-order valence-corrected chi connectivity index (χ0v) is 90.0. The third-order valence-corrected chi connectivity index (χ3v) is 31.4. The van der Waals surface area contributed by atoms with Gasteiger partial charge in [0.2, 0.25) is 0 Å². The molecule has 147 heavy (non-hydrogen) atoms. The second-order valence-corrected chi connectivity index (χ2v) is 42.6. The van der Waals surface area contributed by atoms with Crippen molar-refractivity contribution in [3.8, 4) is 136 Å². The number of hydrogen-bond donors (Lipinski definition) is 7. The maximum Gasteiger partial charge on any atom is 0.516 e. The quantitative estimate of drug-likeness (QED) is 0.0225. The first-order valence-corrected chi connectivity index (χ1v) is 54.2. The van der Waals surface area contributed by atoms with Gasteiger partial charge in [-0.05, 0) is 231 Å². The number of hydrogen-bond acceptors (Lipinski definition) is 32. The summed E-state index contributed by atoms with van der Waals surface area (Å²) in [6, 6.07) is 29.0. The van der Waals surface area contributed by atoms with Gasteiger partial charge in [-0.15, -0.1) is 0 Å². The Bertz CT molecular complexity index is 6930. The summed E-state index contributed by atoms with van der Waals surface area (Å²) in [5.74, 6) is 3.99. The molecule has 4 aromatic carbocycles. The van der Waals surface area contributed by atoms with E-state index in [0.29, 0.717) is 101 Å². The molecule has 4 saturated carbocycles. The van der Waals surface area contributed by atoms with E-state index in [0.717, 1.165) is 160 Å². The number of nitrogens with two attached hydrogens (primary N) is 2. The lowest BCUT2D eigenvalue weighted by Gasteiger charge is -2.32. The van der Waals surface area contributed by atoms with E-state index in [2.05, 4.69) is 80.6 Å². The summed E-state index contributed by atoms with van der Waals surface area (Å²) in [6.07, 6.45) is 15.0. The van der Waals surface area contributed by atoms with E-state index in [1.54, 1.807) is 103 Å². The molecule has 9 aliphatic rings. The van der Waals surface area contributed by atoms with Crippen LogP contribution >= 0.6 is 89.8 Å². The van der Waals surface area contributed by atoms with Crippen molar-refractivity contribution in [3.05, 3.63) is 207 Å². The van der Waals surface area contributed by atoms with Crippen LogP contribution in [0.1, 0.15) is 169 Å². The van der Waals surface area contributed by atoms with E-state index < -0.39 is 11.9 Å².